The molecule has 5 heteroatoms. The lowest BCUT2D eigenvalue weighted by molar-refractivity contribution is -0.140. The molecule has 2 amide bonds. The second-order valence-electron chi connectivity index (χ2n) is 7.13. The average Bonchev–Trinajstić information content (AvgIpc) is 2.71. The summed E-state index contributed by atoms with van der Waals surface area (Å²) in [5.74, 6) is -0.127. The van der Waals surface area contributed by atoms with Crippen molar-refractivity contribution in [3.05, 3.63) is 70.2 Å². The van der Waals surface area contributed by atoms with E-state index >= 15 is 0 Å². The van der Waals surface area contributed by atoms with Crippen LogP contribution in [0.5, 0.6) is 0 Å². The Hall–Kier alpha value is -2.14. The molecule has 0 spiro atoms. The van der Waals surface area contributed by atoms with Gasteiger partial charge in [-0.2, -0.15) is 0 Å². The monoisotopic (exact) mass is 444 g/mol. The van der Waals surface area contributed by atoms with Crippen molar-refractivity contribution in [1.82, 2.24) is 10.2 Å². The van der Waals surface area contributed by atoms with E-state index in [0.29, 0.717) is 19.4 Å². The van der Waals surface area contributed by atoms with E-state index in [4.69, 9.17) is 0 Å². The standard InChI is InChI=1S/C23H29BrN2O2/c1-4-17(2)25-23(28)18(3)26(16-20-10-13-21(24)14-11-20)22(27)15-12-19-8-6-5-7-9-19/h5-11,13-14,17-18H,4,12,15-16H2,1-3H3,(H,25,28)/t17-,18-/m1/s1. The minimum absolute atomic E-state index is 0.0152. The Labute approximate surface area is 176 Å². The first-order valence-corrected chi connectivity index (χ1v) is 10.6. The second-order valence-corrected chi connectivity index (χ2v) is 8.04. The predicted molar refractivity (Wildman–Crippen MR) is 117 cm³/mol. The quantitative estimate of drug-likeness (QED) is 0.608. The molecule has 0 aliphatic rings. The zero-order valence-electron chi connectivity index (χ0n) is 16.8. The highest BCUT2D eigenvalue weighted by Gasteiger charge is 2.26. The highest BCUT2D eigenvalue weighted by molar-refractivity contribution is 9.10. The molecule has 2 aromatic rings. The van der Waals surface area contributed by atoms with Gasteiger partial charge in [0.25, 0.3) is 0 Å². The maximum atomic E-state index is 13.0. The molecule has 0 heterocycles. The molecule has 0 aliphatic heterocycles. The van der Waals surface area contributed by atoms with Gasteiger partial charge in [-0.15, -0.1) is 0 Å². The molecule has 1 N–H and O–H groups in total. The van der Waals surface area contributed by atoms with Gasteiger partial charge in [0.2, 0.25) is 11.8 Å². The number of benzene rings is 2. The summed E-state index contributed by atoms with van der Waals surface area (Å²) in [7, 11) is 0. The fourth-order valence-electron chi connectivity index (χ4n) is 2.87. The number of hydrogen-bond acceptors (Lipinski definition) is 2. The van der Waals surface area contributed by atoms with Crippen LogP contribution in [0.1, 0.15) is 44.7 Å². The van der Waals surface area contributed by atoms with Crippen LogP contribution in [-0.2, 0) is 22.6 Å². The largest absolute Gasteiger partial charge is 0.352 e. The summed E-state index contributed by atoms with van der Waals surface area (Å²) in [5, 5.41) is 2.99. The van der Waals surface area contributed by atoms with Crippen LogP contribution < -0.4 is 5.32 Å². The summed E-state index contributed by atoms with van der Waals surface area (Å²) in [5.41, 5.74) is 2.12. The molecule has 0 saturated carbocycles. The fourth-order valence-corrected chi connectivity index (χ4v) is 3.14. The van der Waals surface area contributed by atoms with E-state index in [0.717, 1.165) is 22.0 Å². The zero-order valence-corrected chi connectivity index (χ0v) is 18.4. The molecule has 2 aromatic carbocycles. The van der Waals surface area contributed by atoms with Gasteiger partial charge in [-0.3, -0.25) is 9.59 Å². The van der Waals surface area contributed by atoms with Crippen LogP contribution in [-0.4, -0.2) is 28.8 Å². The molecule has 0 saturated heterocycles. The van der Waals surface area contributed by atoms with Crippen molar-refractivity contribution in [3.63, 3.8) is 0 Å². The van der Waals surface area contributed by atoms with E-state index in [1.54, 1.807) is 11.8 Å². The molecular formula is C23H29BrN2O2. The lowest BCUT2D eigenvalue weighted by Crippen LogP contribution is -2.49. The maximum Gasteiger partial charge on any atom is 0.242 e. The molecule has 0 aromatic heterocycles. The predicted octanol–water partition coefficient (Wildman–Crippen LogP) is 4.71. The van der Waals surface area contributed by atoms with Gasteiger partial charge in [0, 0.05) is 23.5 Å². The van der Waals surface area contributed by atoms with Crippen molar-refractivity contribution in [1.29, 1.82) is 0 Å². The molecule has 2 rings (SSSR count). The van der Waals surface area contributed by atoms with E-state index < -0.39 is 6.04 Å². The van der Waals surface area contributed by atoms with Crippen molar-refractivity contribution >= 4 is 27.7 Å². The minimum atomic E-state index is -0.527. The number of nitrogens with one attached hydrogen (secondary N) is 1. The molecule has 28 heavy (non-hydrogen) atoms. The highest BCUT2D eigenvalue weighted by atomic mass is 79.9. The lowest BCUT2D eigenvalue weighted by atomic mass is 10.1. The van der Waals surface area contributed by atoms with Crippen molar-refractivity contribution in [2.24, 2.45) is 0 Å². The van der Waals surface area contributed by atoms with Crippen molar-refractivity contribution in [2.45, 2.75) is 58.7 Å². The molecule has 0 aliphatic carbocycles. The molecule has 150 valence electrons. The van der Waals surface area contributed by atoms with Crippen LogP contribution in [0.25, 0.3) is 0 Å². The van der Waals surface area contributed by atoms with Gasteiger partial charge in [-0.05, 0) is 49.9 Å². The molecule has 0 unspecified atom stereocenters. The third-order valence-corrected chi connectivity index (χ3v) is 5.43. The summed E-state index contributed by atoms with van der Waals surface area (Å²) in [6.07, 6.45) is 1.89. The number of nitrogens with zero attached hydrogens (tertiary/aromatic N) is 1. The smallest absolute Gasteiger partial charge is 0.242 e. The Balaban J connectivity index is 2.12. The Morgan fingerprint density at radius 1 is 1.00 bits per heavy atom. The van der Waals surface area contributed by atoms with Crippen molar-refractivity contribution in [2.75, 3.05) is 0 Å². The number of carbonyl (C=O) groups excluding carboxylic acids is 2. The van der Waals surface area contributed by atoms with E-state index in [1.807, 2.05) is 68.4 Å². The number of amides is 2. The number of rotatable bonds is 9. The Kier molecular flexibility index (Phi) is 8.71. The summed E-state index contributed by atoms with van der Waals surface area (Å²) >= 11 is 3.43. The Morgan fingerprint density at radius 2 is 1.64 bits per heavy atom. The topological polar surface area (TPSA) is 49.4 Å². The van der Waals surface area contributed by atoms with Gasteiger partial charge in [0.05, 0.1) is 0 Å². The molecule has 0 fully saturated rings. The van der Waals surface area contributed by atoms with Crippen LogP contribution in [0.15, 0.2) is 59.1 Å². The molecule has 2 atom stereocenters. The Morgan fingerprint density at radius 3 is 2.25 bits per heavy atom. The third-order valence-electron chi connectivity index (χ3n) is 4.90. The lowest BCUT2D eigenvalue weighted by Gasteiger charge is -2.30. The molecule has 0 bridgehead atoms. The number of halogens is 1. The van der Waals surface area contributed by atoms with Crippen LogP contribution in [0.4, 0.5) is 0 Å². The van der Waals surface area contributed by atoms with Crippen LogP contribution in [0.2, 0.25) is 0 Å². The SMILES string of the molecule is CC[C@@H](C)NC(=O)[C@@H](C)N(Cc1ccc(Br)cc1)C(=O)CCc1ccccc1. The third kappa shape index (κ3) is 6.79. The Bertz CT molecular complexity index is 762. The average molecular weight is 445 g/mol. The van der Waals surface area contributed by atoms with Crippen molar-refractivity contribution < 1.29 is 9.59 Å². The van der Waals surface area contributed by atoms with E-state index in [1.165, 1.54) is 0 Å². The van der Waals surface area contributed by atoms with Crippen LogP contribution >= 0.6 is 15.9 Å². The van der Waals surface area contributed by atoms with Gasteiger partial charge < -0.3 is 10.2 Å². The van der Waals surface area contributed by atoms with Gasteiger partial charge >= 0.3 is 0 Å². The molecule has 0 radical (unpaired) electrons. The first kappa shape index (κ1) is 22.2. The van der Waals surface area contributed by atoms with E-state index in [-0.39, 0.29) is 17.9 Å². The highest BCUT2D eigenvalue weighted by Crippen LogP contribution is 2.16. The number of carbonyl (C=O) groups is 2. The minimum Gasteiger partial charge on any atom is -0.352 e. The zero-order chi connectivity index (χ0) is 20.5. The first-order valence-electron chi connectivity index (χ1n) is 9.79. The number of aryl methyl sites for hydroxylation is 1. The molecular weight excluding hydrogens is 416 g/mol. The van der Waals surface area contributed by atoms with E-state index in [9.17, 15) is 9.59 Å². The maximum absolute atomic E-state index is 13.0. The number of hydrogen-bond donors (Lipinski definition) is 1. The molecule has 4 nitrogen and oxygen atoms in total. The summed E-state index contributed by atoms with van der Waals surface area (Å²) in [6.45, 7) is 6.22. The second kappa shape index (κ2) is 11.0. The van der Waals surface area contributed by atoms with Gasteiger partial charge in [-0.25, -0.2) is 0 Å². The summed E-state index contributed by atoms with van der Waals surface area (Å²) in [6, 6.07) is 17.4. The van der Waals surface area contributed by atoms with E-state index in [2.05, 4.69) is 21.2 Å². The van der Waals surface area contributed by atoms with Crippen molar-refractivity contribution in [3.8, 4) is 0 Å². The normalized spacial score (nSPS) is 12.9. The first-order chi connectivity index (χ1) is 13.4. The van der Waals surface area contributed by atoms with Gasteiger partial charge in [0.1, 0.15) is 6.04 Å². The van der Waals surface area contributed by atoms with Gasteiger partial charge in [-0.1, -0.05) is 65.3 Å². The van der Waals surface area contributed by atoms with Crippen LogP contribution in [0, 0.1) is 0 Å². The fraction of sp³-hybridized carbons (Fsp3) is 0.391. The summed E-state index contributed by atoms with van der Waals surface area (Å²) in [4.78, 5) is 27.4. The summed E-state index contributed by atoms with van der Waals surface area (Å²) < 4.78 is 0.987. The van der Waals surface area contributed by atoms with Gasteiger partial charge in [0.15, 0.2) is 0 Å². The van der Waals surface area contributed by atoms with Crippen LogP contribution in [0.3, 0.4) is 0 Å².